The number of alkyl halides is 7. The van der Waals surface area contributed by atoms with Crippen molar-refractivity contribution in [2.75, 3.05) is 0 Å². The van der Waals surface area contributed by atoms with Gasteiger partial charge >= 0.3 is 18.0 Å². The maximum atomic E-state index is 15.2. The standard InChI is InChI=1S/C23H14BrF7/c24-18-13-11-16(12-14-18)19(15-7-3-1-4-8-15)20(17-9-5-2-6-10-17)21(25,26)22(27,28)23(29,30)31/h1-14H/b20-19-. The van der Waals surface area contributed by atoms with Crippen LogP contribution in [0.3, 0.4) is 0 Å². The second-order valence-electron chi connectivity index (χ2n) is 6.64. The number of hydrogen-bond donors (Lipinski definition) is 0. The minimum Gasteiger partial charge on any atom is -0.194 e. The average Bonchev–Trinajstić information content (AvgIpc) is 2.73. The van der Waals surface area contributed by atoms with E-state index in [2.05, 4.69) is 15.9 Å². The van der Waals surface area contributed by atoms with E-state index in [1.807, 2.05) is 0 Å². The van der Waals surface area contributed by atoms with Gasteiger partial charge in [-0.05, 0) is 34.4 Å². The Kier molecular flexibility index (Phi) is 6.32. The van der Waals surface area contributed by atoms with E-state index in [9.17, 15) is 22.0 Å². The molecule has 0 unspecified atom stereocenters. The summed E-state index contributed by atoms with van der Waals surface area (Å²) < 4.78 is 98.6. The molecular weight excluding hydrogens is 489 g/mol. The Morgan fingerprint density at radius 1 is 0.548 bits per heavy atom. The fourth-order valence-corrected chi connectivity index (χ4v) is 3.36. The highest BCUT2D eigenvalue weighted by atomic mass is 79.9. The first-order chi connectivity index (χ1) is 14.5. The van der Waals surface area contributed by atoms with Crippen LogP contribution in [0.5, 0.6) is 0 Å². The van der Waals surface area contributed by atoms with Crippen LogP contribution in [0.25, 0.3) is 11.1 Å². The van der Waals surface area contributed by atoms with E-state index in [4.69, 9.17) is 0 Å². The molecule has 0 heterocycles. The molecule has 3 aromatic carbocycles. The molecule has 0 fully saturated rings. The molecule has 0 radical (unpaired) electrons. The van der Waals surface area contributed by atoms with Crippen LogP contribution in [-0.4, -0.2) is 18.0 Å². The van der Waals surface area contributed by atoms with Crippen molar-refractivity contribution in [1.82, 2.24) is 0 Å². The molecule has 0 aromatic heterocycles. The predicted octanol–water partition coefficient (Wildman–Crippen LogP) is 8.24. The second-order valence-corrected chi connectivity index (χ2v) is 7.55. The summed E-state index contributed by atoms with van der Waals surface area (Å²) in [6.45, 7) is 0. The van der Waals surface area contributed by atoms with Gasteiger partial charge in [-0.3, -0.25) is 0 Å². The van der Waals surface area contributed by atoms with Crippen molar-refractivity contribution in [3.63, 3.8) is 0 Å². The number of rotatable bonds is 5. The van der Waals surface area contributed by atoms with E-state index in [1.54, 1.807) is 6.07 Å². The van der Waals surface area contributed by atoms with Crippen LogP contribution in [-0.2, 0) is 0 Å². The van der Waals surface area contributed by atoms with E-state index in [0.717, 1.165) is 12.1 Å². The van der Waals surface area contributed by atoms with E-state index in [-0.39, 0.29) is 11.1 Å². The number of halogens is 8. The third-order valence-corrected chi connectivity index (χ3v) is 5.10. The van der Waals surface area contributed by atoms with Gasteiger partial charge in [-0.15, -0.1) is 0 Å². The lowest BCUT2D eigenvalue weighted by Gasteiger charge is -2.32. The second kappa shape index (κ2) is 8.49. The molecule has 0 spiro atoms. The minimum absolute atomic E-state index is 0.0610. The zero-order valence-electron chi connectivity index (χ0n) is 15.6. The van der Waals surface area contributed by atoms with Crippen molar-refractivity contribution in [2.24, 2.45) is 0 Å². The SMILES string of the molecule is FC(F)(F)C(F)(F)C(F)(F)/C(=C(/c1ccccc1)c1ccc(Br)cc1)c1ccccc1. The highest BCUT2D eigenvalue weighted by molar-refractivity contribution is 9.10. The van der Waals surface area contributed by atoms with Gasteiger partial charge in [0.05, 0.1) is 0 Å². The number of hydrogen-bond acceptors (Lipinski definition) is 0. The first-order valence-corrected chi connectivity index (χ1v) is 9.70. The molecule has 0 aliphatic heterocycles. The maximum absolute atomic E-state index is 15.2. The summed E-state index contributed by atoms with van der Waals surface area (Å²) in [5.74, 6) is -11.9. The van der Waals surface area contributed by atoms with Crippen molar-refractivity contribution in [2.45, 2.75) is 18.0 Å². The fourth-order valence-electron chi connectivity index (χ4n) is 3.10. The molecule has 0 saturated carbocycles. The summed E-state index contributed by atoms with van der Waals surface area (Å²) >= 11 is 3.20. The molecular formula is C23H14BrF7. The smallest absolute Gasteiger partial charge is 0.194 e. The van der Waals surface area contributed by atoms with Crippen molar-refractivity contribution in [1.29, 1.82) is 0 Å². The van der Waals surface area contributed by atoms with Gasteiger partial charge in [-0.25, -0.2) is 0 Å². The monoisotopic (exact) mass is 502 g/mol. The van der Waals surface area contributed by atoms with Gasteiger partial charge in [-0.1, -0.05) is 88.7 Å². The molecule has 0 amide bonds. The third-order valence-electron chi connectivity index (χ3n) is 4.57. The van der Waals surface area contributed by atoms with E-state index in [0.29, 0.717) is 4.47 Å². The fraction of sp³-hybridized carbons (Fsp3) is 0.130. The van der Waals surface area contributed by atoms with E-state index >= 15 is 8.78 Å². The van der Waals surface area contributed by atoms with Crippen LogP contribution in [0, 0.1) is 0 Å². The van der Waals surface area contributed by atoms with Gasteiger partial charge in [0.15, 0.2) is 0 Å². The first-order valence-electron chi connectivity index (χ1n) is 8.90. The Balaban J connectivity index is 2.47. The summed E-state index contributed by atoms with van der Waals surface area (Å²) in [6, 6.07) is 19.2. The Labute approximate surface area is 182 Å². The van der Waals surface area contributed by atoms with E-state index in [1.165, 1.54) is 66.7 Å². The van der Waals surface area contributed by atoms with Crippen LogP contribution in [0.2, 0.25) is 0 Å². The Morgan fingerprint density at radius 2 is 0.968 bits per heavy atom. The summed E-state index contributed by atoms with van der Waals surface area (Å²) in [4.78, 5) is 0. The number of benzene rings is 3. The molecule has 8 heteroatoms. The Bertz CT molecular complexity index is 1050. The van der Waals surface area contributed by atoms with Crippen LogP contribution >= 0.6 is 15.9 Å². The molecule has 162 valence electrons. The summed E-state index contributed by atoms with van der Waals surface area (Å²) in [5, 5.41) is 0. The zero-order valence-corrected chi connectivity index (χ0v) is 17.2. The molecule has 0 N–H and O–H groups in total. The summed E-state index contributed by atoms with van der Waals surface area (Å²) in [7, 11) is 0. The highest BCUT2D eigenvalue weighted by Crippen LogP contribution is 2.54. The molecule has 3 aromatic rings. The third kappa shape index (κ3) is 4.39. The lowest BCUT2D eigenvalue weighted by Crippen LogP contribution is -2.52. The molecule has 0 aliphatic rings. The van der Waals surface area contributed by atoms with Crippen LogP contribution < -0.4 is 0 Å². The zero-order chi connectivity index (χ0) is 22.9. The number of allylic oxidation sites excluding steroid dienone is 1. The average molecular weight is 503 g/mol. The van der Waals surface area contributed by atoms with Crippen LogP contribution in [0.4, 0.5) is 30.7 Å². The molecule has 0 aliphatic carbocycles. The van der Waals surface area contributed by atoms with Crippen molar-refractivity contribution in [3.05, 3.63) is 106 Å². The maximum Gasteiger partial charge on any atom is 0.460 e. The lowest BCUT2D eigenvalue weighted by atomic mass is 9.84. The first kappa shape index (κ1) is 23.1. The molecule has 0 nitrogen and oxygen atoms in total. The predicted molar refractivity (Wildman–Crippen MR) is 109 cm³/mol. The molecule has 31 heavy (non-hydrogen) atoms. The van der Waals surface area contributed by atoms with Gasteiger partial charge in [0.25, 0.3) is 0 Å². The summed E-state index contributed by atoms with van der Waals surface area (Å²) in [5.41, 5.74) is -2.15. The topological polar surface area (TPSA) is 0 Å². The van der Waals surface area contributed by atoms with Crippen molar-refractivity contribution < 1.29 is 30.7 Å². The molecule has 3 rings (SSSR count). The molecule has 0 bridgehead atoms. The highest BCUT2D eigenvalue weighted by Gasteiger charge is 2.74. The van der Waals surface area contributed by atoms with Crippen molar-refractivity contribution in [3.8, 4) is 0 Å². The normalized spacial score (nSPS) is 13.7. The Hall–Kier alpha value is -2.61. The van der Waals surface area contributed by atoms with Gasteiger partial charge in [0.2, 0.25) is 0 Å². The Morgan fingerprint density at radius 3 is 1.42 bits per heavy atom. The van der Waals surface area contributed by atoms with Gasteiger partial charge < -0.3 is 0 Å². The quantitative estimate of drug-likeness (QED) is 0.243. The van der Waals surface area contributed by atoms with Crippen LogP contribution in [0.15, 0.2) is 89.4 Å². The van der Waals surface area contributed by atoms with E-state index < -0.39 is 34.7 Å². The lowest BCUT2D eigenvalue weighted by molar-refractivity contribution is -0.338. The van der Waals surface area contributed by atoms with Crippen molar-refractivity contribution >= 4 is 27.1 Å². The van der Waals surface area contributed by atoms with Gasteiger partial charge in [0, 0.05) is 10.0 Å². The summed E-state index contributed by atoms with van der Waals surface area (Å²) in [6.07, 6.45) is -6.46. The van der Waals surface area contributed by atoms with Crippen LogP contribution in [0.1, 0.15) is 16.7 Å². The largest absolute Gasteiger partial charge is 0.460 e. The van der Waals surface area contributed by atoms with Gasteiger partial charge in [0.1, 0.15) is 0 Å². The van der Waals surface area contributed by atoms with Gasteiger partial charge in [-0.2, -0.15) is 30.7 Å². The molecule has 0 saturated heterocycles. The molecule has 0 atom stereocenters. The minimum atomic E-state index is -6.46.